The first-order valence-corrected chi connectivity index (χ1v) is 13.7. The summed E-state index contributed by atoms with van der Waals surface area (Å²) in [6, 6.07) is 9.59. The number of carboxylic acids is 2. The van der Waals surface area contributed by atoms with Crippen LogP contribution in [0.15, 0.2) is 60.4 Å². The van der Waals surface area contributed by atoms with Crippen molar-refractivity contribution in [1.82, 2.24) is 0 Å². The van der Waals surface area contributed by atoms with Crippen molar-refractivity contribution in [3.63, 3.8) is 0 Å². The number of esters is 1. The van der Waals surface area contributed by atoms with Crippen LogP contribution in [0.4, 0.5) is 0 Å². The maximum atomic E-state index is 12.8. The molecule has 236 valence electrons. The van der Waals surface area contributed by atoms with Gasteiger partial charge >= 0.3 is 17.9 Å². The molecular weight excluding hydrogens is 588 g/mol. The molecule has 0 spiro atoms. The number of unbranched alkanes of at least 4 members (excludes halogenated alkanes) is 1. The van der Waals surface area contributed by atoms with E-state index in [4.69, 9.17) is 4.74 Å². The van der Waals surface area contributed by atoms with Crippen LogP contribution in [0.3, 0.4) is 0 Å². The summed E-state index contributed by atoms with van der Waals surface area (Å²) in [6.07, 6.45) is 3.23. The molecule has 3 rings (SSSR count). The summed E-state index contributed by atoms with van der Waals surface area (Å²) < 4.78 is 5.13. The number of carboxylic acid groups (broad SMARTS) is 2. The van der Waals surface area contributed by atoms with Crippen LogP contribution in [-0.2, 0) is 19.1 Å². The first kappa shape index (κ1) is 33.6. The third-order valence-electron chi connectivity index (χ3n) is 6.81. The lowest BCUT2D eigenvalue weighted by molar-refractivity contribution is -0.144. The lowest BCUT2D eigenvalue weighted by Crippen LogP contribution is -2.12. The van der Waals surface area contributed by atoms with E-state index in [1.165, 1.54) is 24.3 Å². The van der Waals surface area contributed by atoms with E-state index in [2.05, 4.69) is 0 Å². The number of phenols is 6. The summed E-state index contributed by atoms with van der Waals surface area (Å²) in [7, 11) is 0. The summed E-state index contributed by atoms with van der Waals surface area (Å²) in [5.74, 6) is -8.42. The molecule has 3 aromatic carbocycles. The highest BCUT2D eigenvalue weighted by atomic mass is 16.6. The van der Waals surface area contributed by atoms with E-state index in [0.29, 0.717) is 12.8 Å². The van der Waals surface area contributed by atoms with Crippen molar-refractivity contribution >= 4 is 40.7 Å². The number of carbonyl (C=O) groups excluding carboxylic acids is 1. The predicted octanol–water partition coefficient (Wildman–Crippen LogP) is 5.57. The van der Waals surface area contributed by atoms with Crippen LogP contribution in [-0.4, -0.2) is 58.8 Å². The molecule has 0 amide bonds. The summed E-state index contributed by atoms with van der Waals surface area (Å²) >= 11 is 0. The Morgan fingerprint density at radius 1 is 0.711 bits per heavy atom. The summed E-state index contributed by atoms with van der Waals surface area (Å²) in [5.41, 5.74) is -0.318. The smallest absolute Gasteiger partial charge is 0.372 e. The van der Waals surface area contributed by atoms with Gasteiger partial charge in [0.2, 0.25) is 5.76 Å². The molecule has 0 radical (unpaired) electrons. The minimum absolute atomic E-state index is 0.0244. The van der Waals surface area contributed by atoms with Gasteiger partial charge < -0.3 is 45.6 Å². The Morgan fingerprint density at radius 2 is 1.27 bits per heavy atom. The number of carbonyl (C=O) groups is 3. The largest absolute Gasteiger partial charge is 0.504 e. The number of aliphatic carboxylic acids is 2. The van der Waals surface area contributed by atoms with Gasteiger partial charge in [0.15, 0.2) is 34.5 Å². The normalized spacial score (nSPS) is 12.4. The Bertz CT molecular complexity index is 1730. The van der Waals surface area contributed by atoms with E-state index in [1.807, 2.05) is 6.92 Å². The molecule has 12 nitrogen and oxygen atoms in total. The molecule has 45 heavy (non-hydrogen) atoms. The number of aromatic hydroxyl groups is 6. The molecule has 0 aliphatic carbocycles. The molecule has 0 fully saturated rings. The molecule has 0 heterocycles. The quantitative estimate of drug-likeness (QED) is 0.0409. The van der Waals surface area contributed by atoms with Crippen molar-refractivity contribution in [2.24, 2.45) is 0 Å². The maximum Gasteiger partial charge on any atom is 0.372 e. The van der Waals surface area contributed by atoms with Crippen molar-refractivity contribution < 1.29 is 60.0 Å². The average molecular weight is 621 g/mol. The zero-order chi connectivity index (χ0) is 33.4. The molecule has 0 bridgehead atoms. The summed E-state index contributed by atoms with van der Waals surface area (Å²) in [6.45, 7) is 3.45. The van der Waals surface area contributed by atoms with Gasteiger partial charge in [-0.2, -0.15) is 0 Å². The van der Waals surface area contributed by atoms with Gasteiger partial charge in [-0.05, 0) is 77.9 Å². The zero-order valence-electron chi connectivity index (χ0n) is 24.3. The van der Waals surface area contributed by atoms with Crippen molar-refractivity contribution in [2.75, 3.05) is 0 Å². The number of ether oxygens (including phenoxy) is 1. The van der Waals surface area contributed by atoms with Crippen molar-refractivity contribution in [2.45, 2.75) is 39.5 Å². The highest BCUT2D eigenvalue weighted by Gasteiger charge is 2.26. The average Bonchev–Trinajstić information content (AvgIpc) is 2.99. The number of hydrogen-bond acceptors (Lipinski definition) is 10. The van der Waals surface area contributed by atoms with E-state index in [1.54, 1.807) is 6.92 Å². The predicted molar refractivity (Wildman–Crippen MR) is 163 cm³/mol. The molecule has 0 aliphatic heterocycles. The topological polar surface area (TPSA) is 222 Å². The molecule has 0 unspecified atom stereocenters. The zero-order valence-corrected chi connectivity index (χ0v) is 24.3. The SMILES string of the molecule is CCCC/C(=C(\C(=O)O)c1c(/C=C/C(=O)O/C(C(=O)O)=C(/CC)c2ccc(O)c(O)c2)ccc(O)c1O)c1ccc(O)c(O)c1. The van der Waals surface area contributed by atoms with Crippen LogP contribution in [0.25, 0.3) is 22.8 Å². The summed E-state index contributed by atoms with van der Waals surface area (Å²) in [4.78, 5) is 37.6. The number of rotatable bonds is 12. The second kappa shape index (κ2) is 14.5. The third kappa shape index (κ3) is 7.73. The number of benzene rings is 3. The van der Waals surface area contributed by atoms with E-state index >= 15 is 0 Å². The van der Waals surface area contributed by atoms with Crippen molar-refractivity contribution in [3.05, 3.63) is 82.6 Å². The Kier molecular flexibility index (Phi) is 10.8. The standard InChI is InChI=1S/C33H32O12/c1-3-5-6-21(19-9-12-23(35)26(38)16-19)29(32(41)42)28-17(7-13-24(36)30(28)40)10-14-27(39)45-31(33(43)44)20(4-2)18-8-11-22(34)25(37)15-18/h7-16,34-38,40H,3-6H2,1-2H3,(H,41,42)(H,43,44)/b14-10+,29-21+,31-20-. The molecule has 0 atom stereocenters. The van der Waals surface area contributed by atoms with Gasteiger partial charge in [0, 0.05) is 17.2 Å². The molecule has 12 heteroatoms. The third-order valence-corrected chi connectivity index (χ3v) is 6.81. The van der Waals surface area contributed by atoms with Crippen LogP contribution < -0.4 is 0 Å². The number of phenolic OH excluding ortho intramolecular Hbond substituents is 6. The maximum absolute atomic E-state index is 12.8. The van der Waals surface area contributed by atoms with Crippen LogP contribution in [0.1, 0.15) is 61.8 Å². The fraction of sp³-hybridized carbons (Fsp3) is 0.182. The molecule has 0 aliphatic rings. The van der Waals surface area contributed by atoms with Crippen molar-refractivity contribution in [1.29, 1.82) is 0 Å². The molecule has 8 N–H and O–H groups in total. The Hall–Kier alpha value is -5.91. The van der Waals surface area contributed by atoms with E-state index in [9.17, 15) is 55.2 Å². The van der Waals surface area contributed by atoms with Gasteiger partial charge in [0.1, 0.15) is 0 Å². The van der Waals surface area contributed by atoms with Crippen LogP contribution in [0.5, 0.6) is 34.5 Å². The first-order valence-electron chi connectivity index (χ1n) is 13.7. The Labute approximate surface area is 257 Å². The monoisotopic (exact) mass is 620 g/mol. The van der Waals surface area contributed by atoms with Gasteiger partial charge in [-0.3, -0.25) is 0 Å². The van der Waals surface area contributed by atoms with E-state index in [-0.39, 0.29) is 46.2 Å². The molecular formula is C33H32O12. The minimum atomic E-state index is -1.60. The molecule has 0 saturated carbocycles. The lowest BCUT2D eigenvalue weighted by Gasteiger charge is -2.17. The van der Waals surface area contributed by atoms with Crippen LogP contribution >= 0.6 is 0 Å². The second-order valence-corrected chi connectivity index (χ2v) is 9.79. The number of hydrogen-bond donors (Lipinski definition) is 8. The molecule has 0 saturated heterocycles. The van der Waals surface area contributed by atoms with E-state index in [0.717, 1.165) is 36.4 Å². The highest BCUT2D eigenvalue weighted by Crippen LogP contribution is 2.42. The Balaban J connectivity index is 2.16. The van der Waals surface area contributed by atoms with Crippen LogP contribution in [0.2, 0.25) is 0 Å². The van der Waals surface area contributed by atoms with Crippen LogP contribution in [0, 0.1) is 0 Å². The fourth-order valence-electron chi connectivity index (χ4n) is 4.60. The molecule has 3 aromatic rings. The fourth-order valence-corrected chi connectivity index (χ4v) is 4.60. The van der Waals surface area contributed by atoms with Crippen molar-refractivity contribution in [3.8, 4) is 34.5 Å². The van der Waals surface area contributed by atoms with Gasteiger partial charge in [-0.25, -0.2) is 14.4 Å². The Morgan fingerprint density at radius 3 is 1.76 bits per heavy atom. The minimum Gasteiger partial charge on any atom is -0.504 e. The van der Waals surface area contributed by atoms with Gasteiger partial charge in [0.05, 0.1) is 5.57 Å². The van der Waals surface area contributed by atoms with Gasteiger partial charge in [-0.1, -0.05) is 38.5 Å². The van der Waals surface area contributed by atoms with Gasteiger partial charge in [0.25, 0.3) is 0 Å². The van der Waals surface area contributed by atoms with E-state index < -0.39 is 63.7 Å². The lowest BCUT2D eigenvalue weighted by atomic mass is 9.88. The molecule has 0 aromatic heterocycles. The second-order valence-electron chi connectivity index (χ2n) is 9.79. The summed E-state index contributed by atoms with van der Waals surface area (Å²) in [5, 5.41) is 80.6. The number of allylic oxidation sites excluding steroid dienone is 2. The first-order chi connectivity index (χ1) is 21.3. The highest BCUT2D eigenvalue weighted by molar-refractivity contribution is 6.25. The van der Waals surface area contributed by atoms with Gasteiger partial charge in [-0.15, -0.1) is 0 Å².